The Morgan fingerprint density at radius 3 is 2.22 bits per heavy atom. The van der Waals surface area contributed by atoms with Gasteiger partial charge in [-0.05, 0) is 42.5 Å². The molecule has 4 rings (SSSR count). The van der Waals surface area contributed by atoms with Crippen molar-refractivity contribution in [3.8, 4) is 17.2 Å². The number of amides is 1. The Kier molecular flexibility index (Phi) is 5.70. The van der Waals surface area contributed by atoms with Gasteiger partial charge in [0, 0.05) is 10.7 Å². The van der Waals surface area contributed by atoms with Crippen molar-refractivity contribution in [2.45, 2.75) is 0 Å². The molecule has 5 nitrogen and oxygen atoms in total. The van der Waals surface area contributed by atoms with Gasteiger partial charge in [0.1, 0.15) is 16.8 Å². The molecule has 0 radical (unpaired) electrons. The van der Waals surface area contributed by atoms with Crippen molar-refractivity contribution in [1.82, 2.24) is 4.98 Å². The van der Waals surface area contributed by atoms with Crippen molar-refractivity contribution in [2.75, 3.05) is 11.9 Å². The number of carbonyl (C=O) groups excluding carboxylic acids is 1. The van der Waals surface area contributed by atoms with Crippen molar-refractivity contribution in [1.29, 1.82) is 0 Å². The van der Waals surface area contributed by atoms with Crippen LogP contribution in [-0.2, 0) is 4.79 Å². The van der Waals surface area contributed by atoms with Crippen LogP contribution in [-0.4, -0.2) is 17.5 Å². The zero-order chi connectivity index (χ0) is 23.0. The largest absolute Gasteiger partial charge is 0.484 e. The maximum absolute atomic E-state index is 14.0. The maximum atomic E-state index is 14.0. The van der Waals surface area contributed by atoms with Crippen molar-refractivity contribution in [3.63, 3.8) is 0 Å². The van der Waals surface area contributed by atoms with E-state index in [0.717, 1.165) is 0 Å². The molecule has 3 aromatic carbocycles. The molecule has 164 valence electrons. The second kappa shape index (κ2) is 8.46. The van der Waals surface area contributed by atoms with Gasteiger partial charge in [-0.25, -0.2) is 26.9 Å². The van der Waals surface area contributed by atoms with Crippen LogP contribution in [0.25, 0.3) is 22.6 Å². The molecular formula is C21H10ClF5N2O3. The Morgan fingerprint density at radius 2 is 1.56 bits per heavy atom. The van der Waals surface area contributed by atoms with Crippen molar-refractivity contribution in [3.05, 3.63) is 76.6 Å². The fourth-order valence-electron chi connectivity index (χ4n) is 2.78. The van der Waals surface area contributed by atoms with E-state index in [9.17, 15) is 26.7 Å². The number of aromatic nitrogens is 1. The molecule has 1 aromatic heterocycles. The average molecular weight is 469 g/mol. The first-order valence-corrected chi connectivity index (χ1v) is 9.23. The Labute approximate surface area is 181 Å². The monoisotopic (exact) mass is 468 g/mol. The summed E-state index contributed by atoms with van der Waals surface area (Å²) >= 11 is 5.77. The molecule has 0 aliphatic carbocycles. The van der Waals surface area contributed by atoms with Crippen LogP contribution < -0.4 is 10.1 Å². The smallest absolute Gasteiger partial charge is 0.262 e. The van der Waals surface area contributed by atoms with E-state index in [4.69, 9.17) is 20.8 Å². The van der Waals surface area contributed by atoms with Crippen LogP contribution >= 0.6 is 11.6 Å². The number of nitrogens with zero attached hydrogens (tertiary/aromatic N) is 1. The first-order valence-electron chi connectivity index (χ1n) is 8.85. The molecule has 0 fully saturated rings. The van der Waals surface area contributed by atoms with E-state index < -0.39 is 46.4 Å². The van der Waals surface area contributed by atoms with Gasteiger partial charge in [0.15, 0.2) is 35.5 Å². The summed E-state index contributed by atoms with van der Waals surface area (Å²) in [5.41, 5.74) is -1.04. The quantitative estimate of drug-likeness (QED) is 0.226. The van der Waals surface area contributed by atoms with Gasteiger partial charge >= 0.3 is 0 Å². The van der Waals surface area contributed by atoms with Crippen LogP contribution in [0, 0.1) is 29.1 Å². The molecule has 0 saturated heterocycles. The van der Waals surface area contributed by atoms with Gasteiger partial charge in [-0.15, -0.1) is 0 Å². The lowest BCUT2D eigenvalue weighted by Gasteiger charge is -2.07. The Bertz CT molecular complexity index is 1310. The van der Waals surface area contributed by atoms with Crippen molar-refractivity contribution < 1.29 is 35.9 Å². The molecule has 0 spiro atoms. The number of oxazole rings is 1. The van der Waals surface area contributed by atoms with E-state index in [2.05, 4.69) is 10.3 Å². The van der Waals surface area contributed by atoms with Crippen LogP contribution in [0.2, 0.25) is 5.02 Å². The molecule has 0 aliphatic rings. The highest BCUT2D eigenvalue weighted by atomic mass is 35.5. The first kappa shape index (κ1) is 21.6. The van der Waals surface area contributed by atoms with Crippen LogP contribution in [0.5, 0.6) is 5.75 Å². The molecule has 0 unspecified atom stereocenters. The fourth-order valence-corrected chi connectivity index (χ4v) is 2.91. The third-order valence-electron chi connectivity index (χ3n) is 4.28. The standard InChI is InChI=1S/C21H10ClF5N2O3/c22-9-1-4-11(5-2-9)31-8-14(30)28-10-3-6-13-12(7-10)29-21(32-13)15-16(23)18(25)20(27)19(26)17(15)24/h1-7H,8H2,(H,28,30). The average Bonchev–Trinajstić information content (AvgIpc) is 3.19. The minimum Gasteiger partial charge on any atom is -0.484 e. The lowest BCUT2D eigenvalue weighted by molar-refractivity contribution is -0.118. The Balaban J connectivity index is 1.55. The lowest BCUT2D eigenvalue weighted by Crippen LogP contribution is -2.20. The zero-order valence-electron chi connectivity index (χ0n) is 15.7. The molecule has 0 atom stereocenters. The molecule has 4 aromatic rings. The number of halogens is 6. The predicted octanol–water partition coefficient (Wildman–Crippen LogP) is 5.86. The second-order valence-corrected chi connectivity index (χ2v) is 6.87. The van der Waals surface area contributed by atoms with Gasteiger partial charge in [0.2, 0.25) is 11.7 Å². The van der Waals surface area contributed by atoms with Crippen LogP contribution in [0.1, 0.15) is 0 Å². The molecule has 32 heavy (non-hydrogen) atoms. The van der Waals surface area contributed by atoms with Crippen molar-refractivity contribution >= 4 is 34.3 Å². The molecule has 1 N–H and O–H groups in total. The SMILES string of the molecule is O=C(COc1ccc(Cl)cc1)Nc1ccc2oc(-c3c(F)c(F)c(F)c(F)c3F)nc2c1. The number of hydrogen-bond donors (Lipinski definition) is 1. The van der Waals surface area contributed by atoms with E-state index in [1.165, 1.54) is 18.2 Å². The number of anilines is 1. The number of benzene rings is 3. The molecule has 0 aliphatic heterocycles. The molecule has 0 bridgehead atoms. The van der Waals surface area contributed by atoms with Gasteiger partial charge in [0.25, 0.3) is 5.91 Å². The summed E-state index contributed by atoms with van der Waals surface area (Å²) in [6.07, 6.45) is 0. The summed E-state index contributed by atoms with van der Waals surface area (Å²) in [6.45, 7) is -0.325. The number of fused-ring (bicyclic) bond motifs is 1. The summed E-state index contributed by atoms with van der Waals surface area (Å²) in [7, 11) is 0. The minimum atomic E-state index is -2.29. The van der Waals surface area contributed by atoms with Crippen LogP contribution in [0.15, 0.2) is 46.9 Å². The summed E-state index contributed by atoms with van der Waals surface area (Å²) in [5, 5.41) is 3.03. The normalized spacial score (nSPS) is 11.1. The van der Waals surface area contributed by atoms with E-state index in [1.54, 1.807) is 24.3 Å². The second-order valence-electron chi connectivity index (χ2n) is 6.44. The van der Waals surface area contributed by atoms with Gasteiger partial charge in [0.05, 0.1) is 0 Å². The van der Waals surface area contributed by atoms with Crippen molar-refractivity contribution in [2.24, 2.45) is 0 Å². The summed E-state index contributed by atoms with van der Waals surface area (Å²) in [4.78, 5) is 15.9. The number of ether oxygens (including phenoxy) is 1. The molecular weight excluding hydrogens is 459 g/mol. The van der Waals surface area contributed by atoms with Crippen LogP contribution in [0.3, 0.4) is 0 Å². The summed E-state index contributed by atoms with van der Waals surface area (Å²) < 4.78 is 78.7. The van der Waals surface area contributed by atoms with Gasteiger partial charge in [-0.1, -0.05) is 11.6 Å². The lowest BCUT2D eigenvalue weighted by atomic mass is 10.1. The summed E-state index contributed by atoms with van der Waals surface area (Å²) in [6, 6.07) is 10.4. The highest BCUT2D eigenvalue weighted by molar-refractivity contribution is 6.30. The molecule has 0 saturated carbocycles. The van der Waals surface area contributed by atoms with Gasteiger partial charge in [-0.2, -0.15) is 0 Å². The first-order chi connectivity index (χ1) is 15.2. The minimum absolute atomic E-state index is 0.000598. The topological polar surface area (TPSA) is 64.4 Å². The van der Waals surface area contributed by atoms with Crippen LogP contribution in [0.4, 0.5) is 27.6 Å². The number of rotatable bonds is 5. The highest BCUT2D eigenvalue weighted by Gasteiger charge is 2.29. The Morgan fingerprint density at radius 1 is 0.938 bits per heavy atom. The van der Waals surface area contributed by atoms with Gasteiger partial charge in [-0.3, -0.25) is 4.79 Å². The third-order valence-corrected chi connectivity index (χ3v) is 4.53. The summed E-state index contributed by atoms with van der Waals surface area (Å²) in [5.74, 6) is -11.6. The van der Waals surface area contributed by atoms with Gasteiger partial charge < -0.3 is 14.5 Å². The van der Waals surface area contributed by atoms with E-state index in [1.807, 2.05) is 0 Å². The van der Waals surface area contributed by atoms with E-state index in [-0.39, 0.29) is 23.4 Å². The maximum Gasteiger partial charge on any atom is 0.262 e. The van der Waals surface area contributed by atoms with E-state index in [0.29, 0.717) is 10.8 Å². The fraction of sp³-hybridized carbons (Fsp3) is 0.0476. The zero-order valence-corrected chi connectivity index (χ0v) is 16.4. The molecule has 11 heteroatoms. The highest BCUT2D eigenvalue weighted by Crippen LogP contribution is 2.33. The number of hydrogen-bond acceptors (Lipinski definition) is 4. The Hall–Kier alpha value is -3.66. The van der Waals surface area contributed by atoms with E-state index >= 15 is 0 Å². The number of carbonyl (C=O) groups is 1. The third kappa shape index (κ3) is 4.09. The molecule has 1 heterocycles. The number of nitrogens with one attached hydrogen (secondary N) is 1. The molecule has 1 amide bonds. The predicted molar refractivity (Wildman–Crippen MR) is 105 cm³/mol.